The van der Waals surface area contributed by atoms with Gasteiger partial charge in [-0.1, -0.05) is 12.1 Å². The monoisotopic (exact) mass is 290 g/mol. The minimum absolute atomic E-state index is 0.0589. The van der Waals surface area contributed by atoms with Crippen LogP contribution in [0.3, 0.4) is 0 Å². The number of hydrogen-bond donors (Lipinski definition) is 3. The Morgan fingerprint density at radius 1 is 1.38 bits per heavy atom. The first kappa shape index (κ1) is 16.4. The van der Waals surface area contributed by atoms with Gasteiger partial charge in [-0.2, -0.15) is 0 Å². The van der Waals surface area contributed by atoms with E-state index in [4.69, 9.17) is 10.8 Å². The van der Waals surface area contributed by atoms with Crippen molar-refractivity contribution in [3.8, 4) is 0 Å². The van der Waals surface area contributed by atoms with Gasteiger partial charge in [0.2, 0.25) is 5.91 Å². The highest BCUT2D eigenvalue weighted by atomic mass is 16.4. The van der Waals surface area contributed by atoms with Gasteiger partial charge in [0.05, 0.1) is 0 Å². The second-order valence-corrected chi connectivity index (χ2v) is 4.79. The van der Waals surface area contributed by atoms with E-state index < -0.39 is 11.9 Å². The molecule has 112 valence electrons. The van der Waals surface area contributed by atoms with Crippen LogP contribution in [0.25, 0.3) is 6.08 Å². The zero-order chi connectivity index (χ0) is 16.0. The summed E-state index contributed by atoms with van der Waals surface area (Å²) in [7, 11) is 0. The number of nitrogens with two attached hydrogens (primary N) is 1. The molecule has 0 aliphatic rings. The molecule has 0 saturated carbocycles. The Bertz CT molecular complexity index is 593. The van der Waals surface area contributed by atoms with Crippen LogP contribution < -0.4 is 11.1 Å². The number of aryl methyl sites for hydroxylation is 1. The van der Waals surface area contributed by atoms with E-state index >= 15 is 0 Å². The number of primary amides is 1. The van der Waals surface area contributed by atoms with Crippen molar-refractivity contribution in [1.29, 1.82) is 0 Å². The smallest absolute Gasteiger partial charge is 0.328 e. The molecule has 4 N–H and O–H groups in total. The summed E-state index contributed by atoms with van der Waals surface area (Å²) in [5.41, 5.74) is 6.87. The topological polar surface area (TPSA) is 109 Å². The molecule has 0 radical (unpaired) electrons. The van der Waals surface area contributed by atoms with Gasteiger partial charge in [-0.3, -0.25) is 9.59 Å². The lowest BCUT2D eigenvalue weighted by atomic mass is 10.0. The van der Waals surface area contributed by atoms with Crippen molar-refractivity contribution in [2.24, 2.45) is 5.73 Å². The standard InChI is InChI=1S/C15H18N2O4/c1-9-3-4-11(5-6-14(19)20)8-12(9)15(21)17-10(2)7-13(16)18/h3-6,8,10H,7H2,1-2H3,(H2,16,18)(H,17,21)(H,19,20)/b6-5+. The van der Waals surface area contributed by atoms with Crippen molar-refractivity contribution in [1.82, 2.24) is 5.32 Å². The zero-order valence-electron chi connectivity index (χ0n) is 11.9. The molecule has 21 heavy (non-hydrogen) atoms. The van der Waals surface area contributed by atoms with Crippen LogP contribution in [0.5, 0.6) is 0 Å². The normalized spacial score (nSPS) is 12.1. The highest BCUT2D eigenvalue weighted by Gasteiger charge is 2.13. The van der Waals surface area contributed by atoms with Crippen LogP contribution in [-0.2, 0) is 9.59 Å². The maximum atomic E-state index is 12.1. The summed E-state index contributed by atoms with van der Waals surface area (Å²) < 4.78 is 0. The summed E-state index contributed by atoms with van der Waals surface area (Å²) in [4.78, 5) is 33.4. The van der Waals surface area contributed by atoms with E-state index in [1.54, 1.807) is 32.0 Å². The second-order valence-electron chi connectivity index (χ2n) is 4.79. The number of hydrogen-bond acceptors (Lipinski definition) is 3. The van der Waals surface area contributed by atoms with Gasteiger partial charge in [0, 0.05) is 24.1 Å². The summed E-state index contributed by atoms with van der Waals surface area (Å²) in [5.74, 6) is -1.87. The Balaban J connectivity index is 2.90. The molecular weight excluding hydrogens is 272 g/mol. The minimum atomic E-state index is -1.06. The van der Waals surface area contributed by atoms with Crippen molar-refractivity contribution < 1.29 is 19.5 Å². The number of amides is 2. The number of carbonyl (C=O) groups is 3. The van der Waals surface area contributed by atoms with Crippen LogP contribution in [0, 0.1) is 6.92 Å². The largest absolute Gasteiger partial charge is 0.478 e. The Morgan fingerprint density at radius 3 is 2.62 bits per heavy atom. The van der Waals surface area contributed by atoms with Crippen LogP contribution >= 0.6 is 0 Å². The van der Waals surface area contributed by atoms with Gasteiger partial charge in [0.1, 0.15) is 0 Å². The SMILES string of the molecule is Cc1ccc(/C=C/C(=O)O)cc1C(=O)NC(C)CC(N)=O. The number of carboxylic acid groups (broad SMARTS) is 1. The first-order valence-corrected chi connectivity index (χ1v) is 6.40. The summed E-state index contributed by atoms with van der Waals surface area (Å²) in [5, 5.41) is 11.3. The van der Waals surface area contributed by atoms with Crippen LogP contribution in [0.4, 0.5) is 0 Å². The number of aliphatic carboxylic acids is 1. The van der Waals surface area contributed by atoms with Gasteiger partial charge in [0.15, 0.2) is 0 Å². The molecule has 6 heteroatoms. The van der Waals surface area contributed by atoms with E-state index in [0.29, 0.717) is 11.1 Å². The van der Waals surface area contributed by atoms with Crippen LogP contribution in [0.2, 0.25) is 0 Å². The van der Waals surface area contributed by atoms with E-state index in [9.17, 15) is 14.4 Å². The van der Waals surface area contributed by atoms with Crippen molar-refractivity contribution in [2.45, 2.75) is 26.3 Å². The number of nitrogens with one attached hydrogen (secondary N) is 1. The molecular formula is C15H18N2O4. The third-order valence-corrected chi connectivity index (χ3v) is 2.81. The fourth-order valence-corrected chi connectivity index (χ4v) is 1.81. The van der Waals surface area contributed by atoms with Gasteiger partial charge in [-0.05, 0) is 37.1 Å². The summed E-state index contributed by atoms with van der Waals surface area (Å²) in [6, 6.07) is 4.68. The number of benzene rings is 1. The Labute approximate surface area is 122 Å². The molecule has 0 heterocycles. The molecule has 1 aromatic carbocycles. The second kappa shape index (κ2) is 7.23. The Hall–Kier alpha value is -2.63. The highest BCUT2D eigenvalue weighted by molar-refractivity contribution is 5.97. The zero-order valence-corrected chi connectivity index (χ0v) is 11.9. The lowest BCUT2D eigenvalue weighted by Crippen LogP contribution is -2.36. The molecule has 0 aliphatic carbocycles. The lowest BCUT2D eigenvalue weighted by molar-refractivity contribution is -0.131. The summed E-state index contributed by atoms with van der Waals surface area (Å²) in [6.45, 7) is 3.46. The van der Waals surface area contributed by atoms with E-state index in [1.807, 2.05) is 0 Å². The predicted octanol–water partition coefficient (Wildman–Crippen LogP) is 1.09. The molecule has 0 aliphatic heterocycles. The molecule has 1 atom stereocenters. The Morgan fingerprint density at radius 2 is 2.05 bits per heavy atom. The van der Waals surface area contributed by atoms with Crippen LogP contribution in [0.1, 0.15) is 34.8 Å². The van der Waals surface area contributed by atoms with Gasteiger partial charge in [-0.15, -0.1) is 0 Å². The summed E-state index contributed by atoms with van der Waals surface area (Å²) in [6.07, 6.45) is 2.47. The van der Waals surface area contributed by atoms with Gasteiger partial charge in [-0.25, -0.2) is 4.79 Å². The van der Waals surface area contributed by atoms with Crippen molar-refractivity contribution in [3.63, 3.8) is 0 Å². The van der Waals surface area contributed by atoms with Crippen molar-refractivity contribution in [2.75, 3.05) is 0 Å². The highest BCUT2D eigenvalue weighted by Crippen LogP contribution is 2.13. The first-order chi connectivity index (χ1) is 9.79. The fourth-order valence-electron chi connectivity index (χ4n) is 1.81. The number of carboxylic acids is 1. The van der Waals surface area contributed by atoms with Crippen LogP contribution in [-0.4, -0.2) is 28.9 Å². The predicted molar refractivity (Wildman–Crippen MR) is 78.6 cm³/mol. The van der Waals surface area contributed by atoms with E-state index in [1.165, 1.54) is 6.08 Å². The fraction of sp³-hybridized carbons (Fsp3) is 0.267. The van der Waals surface area contributed by atoms with Gasteiger partial charge >= 0.3 is 5.97 Å². The van der Waals surface area contributed by atoms with E-state index in [-0.39, 0.29) is 18.4 Å². The lowest BCUT2D eigenvalue weighted by Gasteiger charge is -2.13. The molecule has 0 aromatic heterocycles. The van der Waals surface area contributed by atoms with Gasteiger partial charge < -0.3 is 16.2 Å². The van der Waals surface area contributed by atoms with Crippen LogP contribution in [0.15, 0.2) is 24.3 Å². The van der Waals surface area contributed by atoms with Crippen molar-refractivity contribution >= 4 is 23.9 Å². The Kier molecular flexibility index (Phi) is 5.66. The van der Waals surface area contributed by atoms with Crippen molar-refractivity contribution in [3.05, 3.63) is 41.0 Å². The molecule has 1 aromatic rings. The molecule has 6 nitrogen and oxygen atoms in total. The summed E-state index contributed by atoms with van der Waals surface area (Å²) >= 11 is 0. The quantitative estimate of drug-likeness (QED) is 0.681. The average molecular weight is 290 g/mol. The van der Waals surface area contributed by atoms with Gasteiger partial charge in [0.25, 0.3) is 5.91 Å². The third-order valence-electron chi connectivity index (χ3n) is 2.81. The molecule has 0 bridgehead atoms. The molecule has 0 spiro atoms. The maximum absolute atomic E-state index is 12.1. The van der Waals surface area contributed by atoms with E-state index in [0.717, 1.165) is 11.6 Å². The number of carbonyl (C=O) groups excluding carboxylic acids is 2. The molecule has 0 saturated heterocycles. The van der Waals surface area contributed by atoms with E-state index in [2.05, 4.69) is 5.32 Å². The molecule has 0 fully saturated rings. The third kappa shape index (κ3) is 5.48. The minimum Gasteiger partial charge on any atom is -0.478 e. The average Bonchev–Trinajstić information content (AvgIpc) is 2.36. The molecule has 1 unspecified atom stereocenters. The molecule has 1 rings (SSSR count). The molecule has 2 amide bonds. The number of rotatable bonds is 6. The first-order valence-electron chi connectivity index (χ1n) is 6.40. The maximum Gasteiger partial charge on any atom is 0.328 e.